The van der Waals surface area contributed by atoms with E-state index in [1.165, 1.54) is 0 Å². The van der Waals surface area contributed by atoms with Gasteiger partial charge in [-0.2, -0.15) is 5.10 Å². The minimum Gasteiger partial charge on any atom is -0.451 e. The number of furan rings is 1. The highest BCUT2D eigenvalue weighted by molar-refractivity contribution is 6.30. The molecule has 0 fully saturated rings. The van der Waals surface area contributed by atoms with Crippen molar-refractivity contribution in [2.75, 3.05) is 0 Å². The molecule has 1 heterocycles. The van der Waals surface area contributed by atoms with E-state index >= 15 is 0 Å². The maximum Gasteiger partial charge on any atom is 0.291 e. The molecule has 0 spiro atoms. The normalized spacial score (nSPS) is 14.1. The van der Waals surface area contributed by atoms with Crippen LogP contribution in [-0.4, -0.2) is 11.7 Å². The third kappa shape index (κ3) is 5.60. The van der Waals surface area contributed by atoms with Crippen LogP contribution in [0.5, 0.6) is 0 Å². The van der Waals surface area contributed by atoms with E-state index < -0.39 is 0 Å². The van der Waals surface area contributed by atoms with Crippen LogP contribution >= 0.6 is 11.6 Å². The molecule has 2 aromatic rings. The number of carbonyl (C=O) groups is 1. The minimum absolute atomic E-state index is 0.220. The zero-order valence-corrected chi connectivity index (χ0v) is 16.4. The lowest BCUT2D eigenvalue weighted by atomic mass is 10.1. The van der Waals surface area contributed by atoms with Crippen molar-refractivity contribution in [3.63, 3.8) is 0 Å². The quantitative estimate of drug-likeness (QED) is 0.250. The molecule has 0 bridgehead atoms. The summed E-state index contributed by atoms with van der Waals surface area (Å²) in [4.78, 5) is 12.6. The van der Waals surface area contributed by atoms with E-state index in [-0.39, 0.29) is 11.7 Å². The van der Waals surface area contributed by atoms with Crippen LogP contribution in [0.1, 0.15) is 29.8 Å². The molecule has 1 aromatic carbocycles. The Hall–Kier alpha value is -3.29. The van der Waals surface area contributed by atoms with Crippen LogP contribution in [0, 0.1) is 0 Å². The summed E-state index contributed by atoms with van der Waals surface area (Å²) in [6, 6.07) is 10.7. The van der Waals surface area contributed by atoms with E-state index in [2.05, 4.69) is 15.8 Å². The fourth-order valence-electron chi connectivity index (χ4n) is 2.85. The maximum absolute atomic E-state index is 12.6. The van der Waals surface area contributed by atoms with Gasteiger partial charge in [-0.15, -0.1) is 0 Å². The summed E-state index contributed by atoms with van der Waals surface area (Å²) in [6.07, 6.45) is 9.80. The minimum atomic E-state index is -0.324. The van der Waals surface area contributed by atoms with Crippen molar-refractivity contribution in [3.8, 4) is 11.3 Å². The second-order valence-corrected chi connectivity index (χ2v) is 6.80. The highest BCUT2D eigenvalue weighted by Crippen LogP contribution is 2.25. The number of nitrogens with two attached hydrogens (primary N) is 2. The second-order valence-electron chi connectivity index (χ2n) is 6.37. The van der Waals surface area contributed by atoms with Crippen LogP contribution in [0.25, 0.3) is 11.3 Å². The summed E-state index contributed by atoms with van der Waals surface area (Å²) in [5.41, 5.74) is 4.98. The summed E-state index contributed by atoms with van der Waals surface area (Å²) in [7, 11) is 0. The molecular formula is C21H22ClN5O2. The van der Waals surface area contributed by atoms with Crippen LogP contribution < -0.4 is 22.4 Å². The Morgan fingerprint density at radius 3 is 2.90 bits per heavy atom. The zero-order valence-electron chi connectivity index (χ0n) is 15.7. The predicted octanol–water partition coefficient (Wildman–Crippen LogP) is 3.62. The Morgan fingerprint density at radius 2 is 2.14 bits per heavy atom. The van der Waals surface area contributed by atoms with Gasteiger partial charge in [-0.3, -0.25) is 4.79 Å². The van der Waals surface area contributed by atoms with Gasteiger partial charge in [0.15, 0.2) is 5.76 Å². The highest BCUT2D eigenvalue weighted by atomic mass is 35.5. The number of rotatable bonds is 6. The van der Waals surface area contributed by atoms with E-state index in [0.29, 0.717) is 41.6 Å². The van der Waals surface area contributed by atoms with E-state index in [0.717, 1.165) is 11.1 Å². The van der Waals surface area contributed by atoms with Crippen molar-refractivity contribution in [2.24, 2.45) is 16.8 Å². The number of nitrogens with one attached hydrogen (secondary N) is 2. The van der Waals surface area contributed by atoms with Crippen LogP contribution in [0.15, 0.2) is 81.5 Å². The first-order valence-electron chi connectivity index (χ1n) is 9.07. The standard InChI is InChI=1S/C21H22ClN5O2/c22-16-6-3-5-15(13-16)18-9-10-19(29-18)21(28)25-17-7-2-1-4-14(12-17)8-11-20(26-23)27-24/h1,3-7,9-10,12-13H,2,8,11,23-24H2,(H,25,28)(H,26,27). The van der Waals surface area contributed by atoms with Crippen molar-refractivity contribution in [1.82, 2.24) is 10.7 Å². The molecule has 0 saturated heterocycles. The lowest BCUT2D eigenvalue weighted by Gasteiger charge is -2.07. The maximum atomic E-state index is 12.6. The average Bonchev–Trinajstić information content (AvgIpc) is 3.11. The monoisotopic (exact) mass is 411 g/mol. The lowest BCUT2D eigenvalue weighted by molar-refractivity contribution is 0.0940. The molecule has 150 valence electrons. The molecule has 0 radical (unpaired) electrons. The summed E-state index contributed by atoms with van der Waals surface area (Å²) >= 11 is 6.02. The smallest absolute Gasteiger partial charge is 0.291 e. The Balaban J connectivity index is 1.68. The van der Waals surface area contributed by atoms with Crippen LogP contribution in [0.4, 0.5) is 0 Å². The number of benzene rings is 1. The van der Waals surface area contributed by atoms with Crippen LogP contribution in [-0.2, 0) is 0 Å². The number of carbonyl (C=O) groups excluding carboxylic acids is 1. The van der Waals surface area contributed by atoms with Gasteiger partial charge in [-0.1, -0.05) is 42.0 Å². The van der Waals surface area contributed by atoms with Crippen LogP contribution in [0.2, 0.25) is 5.02 Å². The molecule has 0 unspecified atom stereocenters. The predicted molar refractivity (Wildman–Crippen MR) is 115 cm³/mol. The molecule has 3 rings (SSSR count). The van der Waals surface area contributed by atoms with Gasteiger partial charge in [0.1, 0.15) is 11.6 Å². The first-order chi connectivity index (χ1) is 14.1. The van der Waals surface area contributed by atoms with Gasteiger partial charge in [0.05, 0.1) is 0 Å². The molecule has 0 saturated carbocycles. The molecule has 1 aliphatic carbocycles. The molecular weight excluding hydrogens is 390 g/mol. The van der Waals surface area contributed by atoms with Gasteiger partial charge in [0, 0.05) is 22.7 Å². The fraction of sp³-hybridized carbons (Fsp3) is 0.143. The number of hydrogen-bond donors (Lipinski definition) is 4. The fourth-order valence-corrected chi connectivity index (χ4v) is 3.04. The van der Waals surface area contributed by atoms with Gasteiger partial charge in [0.2, 0.25) is 0 Å². The molecule has 6 N–H and O–H groups in total. The molecule has 0 aliphatic heterocycles. The van der Waals surface area contributed by atoms with Gasteiger partial charge in [-0.25, -0.2) is 5.84 Å². The van der Waals surface area contributed by atoms with Gasteiger partial charge >= 0.3 is 0 Å². The highest BCUT2D eigenvalue weighted by Gasteiger charge is 2.14. The van der Waals surface area contributed by atoms with Crippen LogP contribution in [0.3, 0.4) is 0 Å². The van der Waals surface area contributed by atoms with E-state index in [1.54, 1.807) is 24.3 Å². The summed E-state index contributed by atoms with van der Waals surface area (Å²) in [5, 5.41) is 7.07. The Labute approximate surface area is 173 Å². The summed E-state index contributed by atoms with van der Waals surface area (Å²) in [6.45, 7) is 0. The molecule has 1 aliphatic rings. The second kappa shape index (κ2) is 9.77. The number of amidine groups is 1. The average molecular weight is 412 g/mol. The summed E-state index contributed by atoms with van der Waals surface area (Å²) < 4.78 is 5.71. The number of amides is 1. The van der Waals surface area contributed by atoms with E-state index in [9.17, 15) is 4.79 Å². The zero-order chi connectivity index (χ0) is 20.6. The molecule has 8 heteroatoms. The Kier molecular flexibility index (Phi) is 6.89. The Morgan fingerprint density at radius 1 is 1.28 bits per heavy atom. The molecule has 29 heavy (non-hydrogen) atoms. The number of halogens is 1. The first-order valence-corrected chi connectivity index (χ1v) is 9.44. The number of hydrazone groups is 1. The number of nitrogens with zero attached hydrogens (tertiary/aromatic N) is 1. The lowest BCUT2D eigenvalue weighted by Crippen LogP contribution is -2.31. The van der Waals surface area contributed by atoms with Gasteiger partial charge in [0.25, 0.3) is 5.91 Å². The van der Waals surface area contributed by atoms with E-state index in [4.69, 9.17) is 27.7 Å². The number of hydrazine groups is 1. The largest absolute Gasteiger partial charge is 0.451 e. The number of hydrogen-bond acceptors (Lipinski definition) is 5. The summed E-state index contributed by atoms with van der Waals surface area (Å²) in [5.74, 6) is 11.6. The molecule has 1 aromatic heterocycles. The van der Waals surface area contributed by atoms with E-state index in [1.807, 2.05) is 36.4 Å². The van der Waals surface area contributed by atoms with Crippen molar-refractivity contribution in [2.45, 2.75) is 19.3 Å². The van der Waals surface area contributed by atoms with Crippen molar-refractivity contribution >= 4 is 23.3 Å². The van der Waals surface area contributed by atoms with Crippen molar-refractivity contribution < 1.29 is 9.21 Å². The molecule has 7 nitrogen and oxygen atoms in total. The third-order valence-corrected chi connectivity index (χ3v) is 4.55. The topological polar surface area (TPSA) is 119 Å². The third-order valence-electron chi connectivity index (χ3n) is 4.32. The van der Waals surface area contributed by atoms with Crippen molar-refractivity contribution in [3.05, 3.63) is 82.8 Å². The number of allylic oxidation sites excluding steroid dienone is 5. The first kappa shape index (κ1) is 20.4. The Bertz CT molecular complexity index is 1000. The molecule has 1 amide bonds. The van der Waals surface area contributed by atoms with Gasteiger partial charge < -0.3 is 21.0 Å². The van der Waals surface area contributed by atoms with Gasteiger partial charge in [-0.05, 0) is 48.8 Å². The van der Waals surface area contributed by atoms with Crippen molar-refractivity contribution in [1.29, 1.82) is 0 Å². The molecule has 0 atom stereocenters. The SMILES string of the molecule is N/N=C(/CCC1=CC(NC(=O)c2ccc(-c3cccc(Cl)c3)o2)=CCC=C1)NN.